The zero-order valence-electron chi connectivity index (χ0n) is 15.2. The molecule has 0 fully saturated rings. The number of rotatable bonds is 1. The van der Waals surface area contributed by atoms with Gasteiger partial charge in [-0.15, -0.1) is 0 Å². The van der Waals surface area contributed by atoms with E-state index in [1.165, 1.54) is 55.8 Å². The van der Waals surface area contributed by atoms with Crippen molar-refractivity contribution in [3.63, 3.8) is 0 Å². The number of hydrogen-bond acceptors (Lipinski definition) is 2. The van der Waals surface area contributed by atoms with Gasteiger partial charge in [-0.1, -0.05) is 48.6 Å². The third kappa shape index (κ3) is 1.71. The number of hydrogen-bond donors (Lipinski definition) is 1. The van der Waals surface area contributed by atoms with Crippen molar-refractivity contribution in [3.8, 4) is 0 Å². The minimum absolute atomic E-state index is 0.290. The first kappa shape index (κ1) is 14.5. The van der Waals surface area contributed by atoms with Gasteiger partial charge in [-0.2, -0.15) is 0 Å². The van der Waals surface area contributed by atoms with Crippen LogP contribution in [0.15, 0.2) is 78.8 Å². The second kappa shape index (κ2) is 5.02. The maximum Gasteiger partial charge on any atom is 0.0713 e. The van der Waals surface area contributed by atoms with E-state index in [4.69, 9.17) is 4.98 Å². The SMILES string of the molecule is C1=CC2C=Cc3cnc4c5c3N2C(=C1)C=C5C(c1cccc2cc[nH]c12)=CC4. The zero-order valence-corrected chi connectivity index (χ0v) is 15.2. The fourth-order valence-electron chi connectivity index (χ4n) is 5.03. The van der Waals surface area contributed by atoms with E-state index in [1.807, 2.05) is 12.4 Å². The zero-order chi connectivity index (χ0) is 18.2. The van der Waals surface area contributed by atoms with Crippen LogP contribution in [0.25, 0.3) is 28.1 Å². The number of aromatic amines is 1. The molecule has 4 aliphatic rings. The molecule has 1 N–H and O–H groups in total. The van der Waals surface area contributed by atoms with Gasteiger partial charge in [-0.3, -0.25) is 4.98 Å². The summed E-state index contributed by atoms with van der Waals surface area (Å²) in [6.45, 7) is 0. The van der Waals surface area contributed by atoms with E-state index >= 15 is 0 Å². The summed E-state index contributed by atoms with van der Waals surface area (Å²) < 4.78 is 0. The number of para-hydroxylation sites is 1. The van der Waals surface area contributed by atoms with Crippen LogP contribution < -0.4 is 4.90 Å². The molecule has 7 rings (SSSR count). The smallest absolute Gasteiger partial charge is 0.0713 e. The predicted octanol–water partition coefficient (Wildman–Crippen LogP) is 5.26. The number of benzene rings is 1. The van der Waals surface area contributed by atoms with E-state index in [-0.39, 0.29) is 6.04 Å². The van der Waals surface area contributed by atoms with Crippen molar-refractivity contribution in [1.82, 2.24) is 9.97 Å². The van der Waals surface area contributed by atoms with Gasteiger partial charge in [-0.25, -0.2) is 0 Å². The van der Waals surface area contributed by atoms with Gasteiger partial charge in [0.1, 0.15) is 0 Å². The number of nitrogens with one attached hydrogen (secondary N) is 1. The molecule has 0 bridgehead atoms. The molecule has 1 aliphatic carbocycles. The molecule has 0 amide bonds. The van der Waals surface area contributed by atoms with Gasteiger partial charge in [-0.05, 0) is 34.8 Å². The van der Waals surface area contributed by atoms with Crippen LogP contribution in [-0.4, -0.2) is 16.0 Å². The van der Waals surface area contributed by atoms with Crippen molar-refractivity contribution >= 4 is 33.8 Å². The molecular formula is C25H17N3. The van der Waals surface area contributed by atoms with E-state index in [0.29, 0.717) is 0 Å². The molecule has 3 aliphatic heterocycles. The van der Waals surface area contributed by atoms with Gasteiger partial charge < -0.3 is 9.88 Å². The topological polar surface area (TPSA) is 31.9 Å². The van der Waals surface area contributed by atoms with Crippen LogP contribution in [0.5, 0.6) is 0 Å². The molecule has 5 heterocycles. The van der Waals surface area contributed by atoms with Gasteiger partial charge in [0.2, 0.25) is 0 Å². The Hall–Kier alpha value is -3.59. The first-order valence-corrected chi connectivity index (χ1v) is 9.75. The molecular weight excluding hydrogens is 342 g/mol. The number of nitrogens with zero attached hydrogens (tertiary/aromatic N) is 2. The van der Waals surface area contributed by atoms with Crippen molar-refractivity contribution in [1.29, 1.82) is 0 Å². The summed E-state index contributed by atoms with van der Waals surface area (Å²) in [5.41, 5.74) is 11.3. The molecule has 2 aromatic heterocycles. The van der Waals surface area contributed by atoms with Crippen molar-refractivity contribution < 1.29 is 0 Å². The lowest BCUT2D eigenvalue weighted by atomic mass is 9.79. The molecule has 28 heavy (non-hydrogen) atoms. The lowest BCUT2D eigenvalue weighted by molar-refractivity contribution is 0.868. The van der Waals surface area contributed by atoms with Crippen LogP contribution >= 0.6 is 0 Å². The highest BCUT2D eigenvalue weighted by molar-refractivity contribution is 6.15. The minimum Gasteiger partial charge on any atom is -0.361 e. The maximum atomic E-state index is 4.82. The Morgan fingerprint density at radius 3 is 3.11 bits per heavy atom. The summed E-state index contributed by atoms with van der Waals surface area (Å²) >= 11 is 0. The van der Waals surface area contributed by atoms with Gasteiger partial charge in [0.15, 0.2) is 0 Å². The number of allylic oxidation sites excluding steroid dienone is 6. The predicted molar refractivity (Wildman–Crippen MR) is 115 cm³/mol. The summed E-state index contributed by atoms with van der Waals surface area (Å²) in [5.74, 6) is 0. The average Bonchev–Trinajstić information content (AvgIpc) is 3.23. The first-order chi connectivity index (χ1) is 13.9. The van der Waals surface area contributed by atoms with Gasteiger partial charge in [0.05, 0.1) is 22.9 Å². The lowest BCUT2D eigenvalue weighted by Gasteiger charge is -2.42. The third-order valence-corrected chi connectivity index (χ3v) is 6.25. The van der Waals surface area contributed by atoms with Gasteiger partial charge in [0.25, 0.3) is 0 Å². The summed E-state index contributed by atoms with van der Waals surface area (Å²) in [4.78, 5) is 10.7. The highest BCUT2D eigenvalue weighted by atomic mass is 15.2. The second-order valence-corrected chi connectivity index (χ2v) is 7.71. The van der Waals surface area contributed by atoms with E-state index < -0.39 is 0 Å². The summed E-state index contributed by atoms with van der Waals surface area (Å²) in [7, 11) is 0. The standard InChI is InChI=1S/C25H17N3/c1-3-15-11-12-26-24(15)20(6-1)19-9-10-22-23-21(19)13-18-5-2-4-17-8-7-16(14-27-22)25(23)28(17)18/h1-9,11-14,17,26H,10H2. The number of fused-ring (bicyclic) bond motifs is 1. The fraction of sp³-hybridized carbons (Fsp3) is 0.0800. The maximum absolute atomic E-state index is 4.82. The molecule has 132 valence electrons. The molecule has 0 saturated heterocycles. The minimum atomic E-state index is 0.290. The van der Waals surface area contributed by atoms with E-state index in [9.17, 15) is 0 Å². The van der Waals surface area contributed by atoms with Gasteiger partial charge in [0, 0.05) is 41.2 Å². The molecule has 0 saturated carbocycles. The molecule has 0 radical (unpaired) electrons. The Kier molecular flexibility index (Phi) is 2.59. The lowest BCUT2D eigenvalue weighted by Crippen LogP contribution is -2.38. The van der Waals surface area contributed by atoms with Crippen LogP contribution in [-0.2, 0) is 6.42 Å². The summed E-state index contributed by atoms with van der Waals surface area (Å²) in [6.07, 6.45) is 20.7. The third-order valence-electron chi connectivity index (χ3n) is 6.25. The highest BCUT2D eigenvalue weighted by Gasteiger charge is 2.36. The Morgan fingerprint density at radius 1 is 1.11 bits per heavy atom. The molecule has 1 atom stereocenters. The number of anilines is 1. The number of aromatic nitrogens is 2. The number of pyridine rings is 1. The average molecular weight is 359 g/mol. The Labute approximate surface area is 162 Å². The summed E-state index contributed by atoms with van der Waals surface area (Å²) in [5, 5.41) is 1.25. The monoisotopic (exact) mass is 359 g/mol. The van der Waals surface area contributed by atoms with Gasteiger partial charge >= 0.3 is 0 Å². The van der Waals surface area contributed by atoms with E-state index in [2.05, 4.69) is 76.7 Å². The van der Waals surface area contributed by atoms with Crippen LogP contribution in [0.4, 0.5) is 5.69 Å². The van der Waals surface area contributed by atoms with Crippen LogP contribution in [0, 0.1) is 0 Å². The van der Waals surface area contributed by atoms with Crippen molar-refractivity contribution in [2.45, 2.75) is 12.5 Å². The van der Waals surface area contributed by atoms with E-state index in [0.717, 1.165) is 6.42 Å². The Bertz CT molecular complexity index is 1340. The van der Waals surface area contributed by atoms with Crippen molar-refractivity contribution in [3.05, 3.63) is 101 Å². The van der Waals surface area contributed by atoms with Crippen LogP contribution in [0.2, 0.25) is 0 Å². The highest BCUT2D eigenvalue weighted by Crippen LogP contribution is 2.51. The van der Waals surface area contributed by atoms with E-state index in [1.54, 1.807) is 0 Å². The fourth-order valence-corrected chi connectivity index (χ4v) is 5.03. The Morgan fingerprint density at radius 2 is 2.11 bits per heavy atom. The molecule has 0 spiro atoms. The first-order valence-electron chi connectivity index (χ1n) is 9.75. The molecule has 3 nitrogen and oxygen atoms in total. The largest absolute Gasteiger partial charge is 0.361 e. The van der Waals surface area contributed by atoms with Crippen LogP contribution in [0.3, 0.4) is 0 Å². The normalized spacial score (nSPS) is 20.6. The molecule has 1 aromatic carbocycles. The quantitative estimate of drug-likeness (QED) is 0.643. The van der Waals surface area contributed by atoms with Crippen LogP contribution in [0.1, 0.15) is 22.4 Å². The second-order valence-electron chi connectivity index (χ2n) is 7.71. The van der Waals surface area contributed by atoms with Crippen molar-refractivity contribution in [2.75, 3.05) is 4.90 Å². The van der Waals surface area contributed by atoms with Crippen molar-refractivity contribution in [2.24, 2.45) is 0 Å². The Balaban J connectivity index is 1.55. The number of H-pyrrole nitrogens is 1. The molecule has 1 unspecified atom stereocenters. The molecule has 3 heteroatoms. The summed E-state index contributed by atoms with van der Waals surface area (Å²) in [6, 6.07) is 8.97. The molecule has 3 aromatic rings.